The van der Waals surface area contributed by atoms with Gasteiger partial charge < -0.3 is 10.1 Å². The fourth-order valence-corrected chi connectivity index (χ4v) is 4.29. The predicted molar refractivity (Wildman–Crippen MR) is 141 cm³/mol. The molecule has 1 N–H and O–H groups in total. The highest BCUT2D eigenvalue weighted by Gasteiger charge is 2.18. The van der Waals surface area contributed by atoms with Crippen LogP contribution in [0.25, 0.3) is 17.2 Å². The highest BCUT2D eigenvalue weighted by Crippen LogP contribution is 2.27. The van der Waals surface area contributed by atoms with Crippen LogP contribution in [0.1, 0.15) is 5.56 Å². The Morgan fingerprint density at radius 3 is 2.28 bits per heavy atom. The Kier molecular flexibility index (Phi) is 7.34. The summed E-state index contributed by atoms with van der Waals surface area (Å²) < 4.78 is 7.73. The number of carbonyl (C=O) groups excluding carboxylic acids is 1. The minimum absolute atomic E-state index is 0.139. The van der Waals surface area contributed by atoms with Gasteiger partial charge in [-0.1, -0.05) is 66.4 Å². The molecule has 0 fully saturated rings. The van der Waals surface area contributed by atoms with Crippen molar-refractivity contribution in [2.45, 2.75) is 11.8 Å². The van der Waals surface area contributed by atoms with Crippen LogP contribution in [0.4, 0.5) is 5.69 Å². The van der Waals surface area contributed by atoms with E-state index in [1.54, 1.807) is 6.20 Å². The number of aromatic nitrogens is 4. The summed E-state index contributed by atoms with van der Waals surface area (Å²) in [5.74, 6) is 1.40. The summed E-state index contributed by atoms with van der Waals surface area (Å²) in [6.07, 6.45) is 1.72. The minimum Gasteiger partial charge on any atom is -0.489 e. The van der Waals surface area contributed by atoms with Gasteiger partial charge in [0.15, 0.2) is 11.0 Å². The van der Waals surface area contributed by atoms with Crippen molar-refractivity contribution in [1.29, 1.82) is 0 Å². The summed E-state index contributed by atoms with van der Waals surface area (Å²) >= 11 is 1.32. The SMILES string of the molecule is O=C(CSc1nnc(-c2ccccn2)n1-c1ccccc1)Nc1ccc(OCc2ccccc2)cc1. The number of anilines is 1. The standard InChI is InChI=1S/C28H23N5O2S/c34-26(30-22-14-16-24(17-15-22)35-19-21-9-3-1-4-10-21)20-36-28-32-31-27(25-13-7-8-18-29-25)33(28)23-11-5-2-6-12-23/h1-18H,19-20H2,(H,30,34). The molecule has 0 saturated carbocycles. The number of amides is 1. The predicted octanol–water partition coefficient (Wildman–Crippen LogP) is 5.64. The van der Waals surface area contributed by atoms with Gasteiger partial charge in [0.1, 0.15) is 18.1 Å². The van der Waals surface area contributed by atoms with E-state index in [4.69, 9.17) is 4.74 Å². The molecule has 8 heteroatoms. The van der Waals surface area contributed by atoms with Crippen LogP contribution in [-0.4, -0.2) is 31.4 Å². The first kappa shape index (κ1) is 23.3. The zero-order chi connectivity index (χ0) is 24.6. The zero-order valence-corrected chi connectivity index (χ0v) is 20.1. The summed E-state index contributed by atoms with van der Waals surface area (Å²) in [4.78, 5) is 17.1. The third kappa shape index (κ3) is 5.79. The minimum atomic E-state index is -0.139. The first-order chi connectivity index (χ1) is 17.8. The molecule has 178 valence electrons. The number of hydrogen-bond donors (Lipinski definition) is 1. The molecular weight excluding hydrogens is 470 g/mol. The van der Waals surface area contributed by atoms with Crippen molar-refractivity contribution >= 4 is 23.4 Å². The lowest BCUT2D eigenvalue weighted by Gasteiger charge is -2.10. The number of hydrogen-bond acceptors (Lipinski definition) is 6. The maximum Gasteiger partial charge on any atom is 0.234 e. The fraction of sp³-hybridized carbons (Fsp3) is 0.0714. The van der Waals surface area contributed by atoms with Crippen LogP contribution >= 0.6 is 11.8 Å². The molecule has 3 aromatic carbocycles. The second-order valence-corrected chi connectivity index (χ2v) is 8.77. The van der Waals surface area contributed by atoms with Gasteiger partial charge in [-0.3, -0.25) is 14.3 Å². The first-order valence-electron chi connectivity index (χ1n) is 11.4. The van der Waals surface area contributed by atoms with Crippen LogP contribution in [-0.2, 0) is 11.4 Å². The molecule has 0 bridgehead atoms. The smallest absolute Gasteiger partial charge is 0.234 e. The summed E-state index contributed by atoms with van der Waals surface area (Å²) in [5.41, 5.74) is 3.41. The Hall–Kier alpha value is -4.43. The third-order valence-corrected chi connectivity index (χ3v) is 6.19. The lowest BCUT2D eigenvalue weighted by Crippen LogP contribution is -2.14. The molecule has 7 nitrogen and oxygen atoms in total. The number of pyridine rings is 1. The maximum atomic E-state index is 12.7. The Morgan fingerprint density at radius 2 is 1.56 bits per heavy atom. The van der Waals surface area contributed by atoms with E-state index in [0.29, 0.717) is 29.0 Å². The van der Waals surface area contributed by atoms with E-state index in [1.807, 2.05) is 108 Å². The number of rotatable bonds is 9. The number of thioether (sulfide) groups is 1. The average molecular weight is 494 g/mol. The van der Waals surface area contributed by atoms with E-state index in [2.05, 4.69) is 20.5 Å². The summed E-state index contributed by atoms with van der Waals surface area (Å²) in [6.45, 7) is 0.492. The molecule has 1 amide bonds. The largest absolute Gasteiger partial charge is 0.489 e. The number of nitrogens with zero attached hydrogens (tertiary/aromatic N) is 4. The molecule has 36 heavy (non-hydrogen) atoms. The van der Waals surface area contributed by atoms with E-state index in [1.165, 1.54) is 11.8 Å². The lowest BCUT2D eigenvalue weighted by molar-refractivity contribution is -0.113. The monoisotopic (exact) mass is 493 g/mol. The van der Waals surface area contributed by atoms with Gasteiger partial charge in [0.2, 0.25) is 5.91 Å². The van der Waals surface area contributed by atoms with Gasteiger partial charge in [0.25, 0.3) is 0 Å². The van der Waals surface area contributed by atoms with Gasteiger partial charge in [-0.05, 0) is 54.1 Å². The number of carbonyl (C=O) groups is 1. The van der Waals surface area contributed by atoms with Crippen molar-refractivity contribution in [3.8, 4) is 23.0 Å². The van der Waals surface area contributed by atoms with E-state index < -0.39 is 0 Å². The molecule has 0 aliphatic rings. The van der Waals surface area contributed by atoms with E-state index in [-0.39, 0.29) is 11.7 Å². The molecular formula is C28H23N5O2S. The van der Waals surface area contributed by atoms with Crippen molar-refractivity contribution in [1.82, 2.24) is 19.7 Å². The second-order valence-electron chi connectivity index (χ2n) is 7.83. The van der Waals surface area contributed by atoms with Crippen LogP contribution in [0.15, 0.2) is 114 Å². The van der Waals surface area contributed by atoms with E-state index in [0.717, 1.165) is 17.0 Å². The Labute approximate surface area is 213 Å². The van der Waals surface area contributed by atoms with Crippen LogP contribution in [0, 0.1) is 0 Å². The normalized spacial score (nSPS) is 10.7. The second kappa shape index (κ2) is 11.3. The van der Waals surface area contributed by atoms with Crippen LogP contribution in [0.5, 0.6) is 5.75 Å². The van der Waals surface area contributed by atoms with Crippen molar-refractivity contribution in [2.24, 2.45) is 0 Å². The fourth-order valence-electron chi connectivity index (χ4n) is 3.54. The lowest BCUT2D eigenvalue weighted by atomic mass is 10.2. The summed E-state index contributed by atoms with van der Waals surface area (Å²) in [5, 5.41) is 12.2. The average Bonchev–Trinajstić information content (AvgIpc) is 3.37. The van der Waals surface area contributed by atoms with E-state index in [9.17, 15) is 4.79 Å². The molecule has 5 rings (SSSR count). The van der Waals surface area contributed by atoms with Gasteiger partial charge in [-0.2, -0.15) is 0 Å². The van der Waals surface area contributed by atoms with Crippen molar-refractivity contribution < 1.29 is 9.53 Å². The quantitative estimate of drug-likeness (QED) is 0.268. The molecule has 0 spiro atoms. The maximum absolute atomic E-state index is 12.7. The van der Waals surface area contributed by atoms with Gasteiger partial charge in [-0.15, -0.1) is 10.2 Å². The number of benzene rings is 3. The molecule has 2 aromatic heterocycles. The topological polar surface area (TPSA) is 81.9 Å². The van der Waals surface area contributed by atoms with Crippen molar-refractivity contribution in [2.75, 3.05) is 11.1 Å². The highest BCUT2D eigenvalue weighted by molar-refractivity contribution is 7.99. The Bertz CT molecular complexity index is 1410. The summed E-state index contributed by atoms with van der Waals surface area (Å²) in [7, 11) is 0. The number of ether oxygens (including phenoxy) is 1. The Balaban J connectivity index is 1.23. The molecule has 2 heterocycles. The van der Waals surface area contributed by atoms with Crippen LogP contribution in [0.3, 0.4) is 0 Å². The molecule has 0 atom stereocenters. The third-order valence-electron chi connectivity index (χ3n) is 5.26. The molecule has 0 unspecified atom stereocenters. The summed E-state index contributed by atoms with van der Waals surface area (Å²) in [6, 6.07) is 32.8. The first-order valence-corrected chi connectivity index (χ1v) is 12.4. The van der Waals surface area contributed by atoms with E-state index >= 15 is 0 Å². The zero-order valence-electron chi connectivity index (χ0n) is 19.3. The van der Waals surface area contributed by atoms with Gasteiger partial charge in [-0.25, -0.2) is 0 Å². The van der Waals surface area contributed by atoms with Gasteiger partial charge in [0, 0.05) is 17.6 Å². The van der Waals surface area contributed by atoms with Crippen LogP contribution < -0.4 is 10.1 Å². The molecule has 5 aromatic rings. The Morgan fingerprint density at radius 1 is 0.833 bits per heavy atom. The number of para-hydroxylation sites is 1. The highest BCUT2D eigenvalue weighted by atomic mass is 32.2. The van der Waals surface area contributed by atoms with Crippen LogP contribution in [0.2, 0.25) is 0 Å². The van der Waals surface area contributed by atoms with Crippen molar-refractivity contribution in [3.05, 3.63) is 115 Å². The molecule has 0 saturated heterocycles. The number of nitrogens with one attached hydrogen (secondary N) is 1. The molecule has 0 radical (unpaired) electrons. The molecule has 0 aliphatic carbocycles. The van der Waals surface area contributed by atoms with Crippen molar-refractivity contribution in [3.63, 3.8) is 0 Å². The van der Waals surface area contributed by atoms with Gasteiger partial charge in [0.05, 0.1) is 5.75 Å². The van der Waals surface area contributed by atoms with Gasteiger partial charge >= 0.3 is 0 Å². The molecule has 0 aliphatic heterocycles.